The van der Waals surface area contributed by atoms with Crippen molar-refractivity contribution in [1.29, 1.82) is 0 Å². The maximum absolute atomic E-state index is 10.4. The molecule has 0 fully saturated rings. The second-order valence-electron chi connectivity index (χ2n) is 9.84. The van der Waals surface area contributed by atoms with Gasteiger partial charge >= 0.3 is 0 Å². The third-order valence-electron chi connectivity index (χ3n) is 6.07. The molecular weight excluding hydrogens is 572 g/mol. The predicted molar refractivity (Wildman–Crippen MR) is 180 cm³/mol. The number of carbonyl (C=O) groups excluding carboxylic acids is 1. The van der Waals surface area contributed by atoms with Crippen molar-refractivity contribution in [3.63, 3.8) is 0 Å². The van der Waals surface area contributed by atoms with Crippen molar-refractivity contribution in [3.05, 3.63) is 88.8 Å². The van der Waals surface area contributed by atoms with Gasteiger partial charge in [0, 0.05) is 19.1 Å². The molecule has 9 nitrogen and oxygen atoms in total. The van der Waals surface area contributed by atoms with Gasteiger partial charge in [0.2, 0.25) is 0 Å². The van der Waals surface area contributed by atoms with Gasteiger partial charge in [-0.2, -0.15) is 0 Å². The van der Waals surface area contributed by atoms with Crippen LogP contribution in [0.3, 0.4) is 0 Å². The van der Waals surface area contributed by atoms with Gasteiger partial charge in [0.25, 0.3) is 0 Å². The number of ether oxygens (including phenoxy) is 5. The van der Waals surface area contributed by atoms with Crippen LogP contribution in [0.15, 0.2) is 54.8 Å². The number of hydrogen-bond donors (Lipinski definition) is 1. The summed E-state index contributed by atoms with van der Waals surface area (Å²) >= 11 is 0. The van der Waals surface area contributed by atoms with Gasteiger partial charge in [0.15, 0.2) is 11.4 Å². The number of aldehydes is 1. The van der Waals surface area contributed by atoms with Gasteiger partial charge in [0.1, 0.15) is 12.9 Å². The standard InChI is InChI=1S/C18H25NO3.C10H9NO.C8H18O3/c1-4-5-10-20-11-12-21-13-14-22-15-16(2)17-6-8-18(19-3)9-7-17;1-8(7-12)9-3-5-10(11-2)6-4-9;1-2-3-5-10-7-8-11-6-4-9/h6-9,15H,4-5,10-14H2,1-2H3;3-8H,1H3;9H,2-8H2,1H3. The van der Waals surface area contributed by atoms with Crippen molar-refractivity contribution in [2.45, 2.75) is 59.3 Å². The molecule has 0 spiro atoms. The van der Waals surface area contributed by atoms with Crippen LogP contribution in [0.4, 0.5) is 11.4 Å². The molecule has 1 atom stereocenters. The van der Waals surface area contributed by atoms with Gasteiger partial charge in [-0.25, -0.2) is 9.69 Å². The zero-order chi connectivity index (χ0) is 33.4. The molecule has 45 heavy (non-hydrogen) atoms. The Labute approximate surface area is 270 Å². The van der Waals surface area contributed by atoms with Crippen molar-refractivity contribution in [1.82, 2.24) is 0 Å². The average Bonchev–Trinajstić information content (AvgIpc) is 3.09. The third kappa shape index (κ3) is 23.5. The maximum Gasteiger partial charge on any atom is 0.187 e. The second kappa shape index (κ2) is 30.5. The lowest BCUT2D eigenvalue weighted by molar-refractivity contribution is -0.108. The summed E-state index contributed by atoms with van der Waals surface area (Å²) < 4.78 is 26.5. The topological polar surface area (TPSA) is 92.2 Å². The van der Waals surface area contributed by atoms with E-state index in [0.29, 0.717) is 57.6 Å². The molecule has 0 aliphatic rings. The van der Waals surface area contributed by atoms with E-state index in [0.717, 1.165) is 61.9 Å². The monoisotopic (exact) mass is 624 g/mol. The molecule has 2 aromatic rings. The lowest BCUT2D eigenvalue weighted by Crippen LogP contribution is -2.08. The fourth-order valence-electron chi connectivity index (χ4n) is 3.29. The third-order valence-corrected chi connectivity index (χ3v) is 6.07. The summed E-state index contributed by atoms with van der Waals surface area (Å²) in [5.74, 6) is -0.0789. The molecule has 0 saturated carbocycles. The van der Waals surface area contributed by atoms with Crippen molar-refractivity contribution >= 4 is 23.2 Å². The van der Waals surface area contributed by atoms with Crippen LogP contribution < -0.4 is 0 Å². The van der Waals surface area contributed by atoms with Crippen molar-refractivity contribution < 1.29 is 33.6 Å². The molecule has 0 aromatic heterocycles. The Morgan fingerprint density at radius 1 is 0.733 bits per heavy atom. The molecule has 1 unspecified atom stereocenters. The van der Waals surface area contributed by atoms with E-state index in [2.05, 4.69) is 23.5 Å². The average molecular weight is 625 g/mol. The van der Waals surface area contributed by atoms with E-state index in [1.165, 1.54) is 0 Å². The van der Waals surface area contributed by atoms with E-state index in [9.17, 15) is 4.79 Å². The summed E-state index contributed by atoms with van der Waals surface area (Å²) in [7, 11) is 0. The predicted octanol–water partition coefficient (Wildman–Crippen LogP) is 7.80. The largest absolute Gasteiger partial charge is 0.498 e. The Balaban J connectivity index is 0.000000710. The van der Waals surface area contributed by atoms with Crippen LogP contribution in [0, 0.1) is 13.1 Å². The number of carbonyl (C=O) groups is 1. The molecule has 0 bridgehead atoms. The molecule has 0 aliphatic carbocycles. The number of rotatable bonds is 21. The van der Waals surface area contributed by atoms with Crippen molar-refractivity contribution in [2.24, 2.45) is 0 Å². The zero-order valence-electron chi connectivity index (χ0n) is 27.5. The summed E-state index contributed by atoms with van der Waals surface area (Å²) in [6.07, 6.45) is 7.16. The highest BCUT2D eigenvalue weighted by Crippen LogP contribution is 2.19. The minimum Gasteiger partial charge on any atom is -0.498 e. The normalized spacial score (nSPS) is 11.1. The number of nitrogens with zero attached hydrogens (tertiary/aromatic N) is 2. The molecule has 0 aliphatic heterocycles. The molecule has 0 saturated heterocycles. The maximum atomic E-state index is 10.4. The summed E-state index contributed by atoms with van der Waals surface area (Å²) in [4.78, 5) is 17.0. The van der Waals surface area contributed by atoms with Crippen molar-refractivity contribution in [2.75, 3.05) is 66.1 Å². The first-order valence-corrected chi connectivity index (χ1v) is 15.6. The quantitative estimate of drug-likeness (QED) is 0.0656. The van der Waals surface area contributed by atoms with Crippen molar-refractivity contribution in [3.8, 4) is 0 Å². The smallest absolute Gasteiger partial charge is 0.187 e. The van der Waals surface area contributed by atoms with Gasteiger partial charge in [-0.1, -0.05) is 82.1 Å². The first kappa shape index (κ1) is 41.4. The Morgan fingerprint density at radius 2 is 1.18 bits per heavy atom. The second-order valence-corrected chi connectivity index (χ2v) is 9.84. The lowest BCUT2D eigenvalue weighted by Gasteiger charge is -2.06. The lowest BCUT2D eigenvalue weighted by atomic mass is 10.0. The van der Waals surface area contributed by atoms with E-state index in [4.69, 9.17) is 41.9 Å². The van der Waals surface area contributed by atoms with E-state index in [1.54, 1.807) is 30.5 Å². The summed E-state index contributed by atoms with van der Waals surface area (Å²) in [6, 6.07) is 14.5. The van der Waals surface area contributed by atoms with E-state index in [-0.39, 0.29) is 12.5 Å². The summed E-state index contributed by atoms with van der Waals surface area (Å²) in [5.41, 5.74) is 4.29. The van der Waals surface area contributed by atoms with Crippen LogP contribution in [-0.2, 0) is 28.5 Å². The fourth-order valence-corrected chi connectivity index (χ4v) is 3.29. The van der Waals surface area contributed by atoms with Crippen LogP contribution >= 0.6 is 0 Å². The molecule has 0 heterocycles. The number of allylic oxidation sites excluding steroid dienone is 1. The number of aliphatic hydroxyl groups excluding tert-OH is 1. The minimum atomic E-state index is -0.0789. The summed E-state index contributed by atoms with van der Waals surface area (Å²) in [5, 5.41) is 8.34. The molecule has 0 radical (unpaired) electrons. The molecule has 2 aromatic carbocycles. The van der Waals surface area contributed by atoms with Gasteiger partial charge in [-0.05, 0) is 36.5 Å². The van der Waals surface area contributed by atoms with Gasteiger partial charge in [0.05, 0.1) is 65.7 Å². The Kier molecular flexibility index (Phi) is 28.0. The van der Waals surface area contributed by atoms with Crippen LogP contribution in [-0.4, -0.2) is 77.5 Å². The van der Waals surface area contributed by atoms with Gasteiger partial charge in [-0.3, -0.25) is 0 Å². The molecule has 9 heteroatoms. The van der Waals surface area contributed by atoms with E-state index in [1.807, 2.05) is 38.1 Å². The Bertz CT molecular complexity index is 1080. The van der Waals surface area contributed by atoms with E-state index < -0.39 is 0 Å². The van der Waals surface area contributed by atoms with Crippen LogP contribution in [0.25, 0.3) is 15.3 Å². The summed E-state index contributed by atoms with van der Waals surface area (Å²) in [6.45, 7) is 27.4. The van der Waals surface area contributed by atoms with Crippen LogP contribution in [0.1, 0.15) is 70.4 Å². The molecule has 1 N–H and O–H groups in total. The highest BCUT2D eigenvalue weighted by molar-refractivity contribution is 5.65. The molecule has 0 amide bonds. The molecular formula is C36H52N2O7. The Hall–Kier alpha value is -3.57. The number of aliphatic hydroxyl groups is 1. The zero-order valence-corrected chi connectivity index (χ0v) is 27.5. The first-order chi connectivity index (χ1) is 22.0. The number of hydrogen-bond acceptors (Lipinski definition) is 7. The SMILES string of the molecule is CCCCOCCOCCO.[C-]#[N+]c1ccc(C(C)=COCCOCCOCCCC)cc1.[C-]#[N+]c1ccc(C(C)C=O)cc1. The van der Waals surface area contributed by atoms with E-state index >= 15 is 0 Å². The van der Waals surface area contributed by atoms with Gasteiger partial charge < -0.3 is 33.6 Å². The number of benzene rings is 2. The first-order valence-electron chi connectivity index (χ1n) is 15.6. The highest BCUT2D eigenvalue weighted by atomic mass is 16.5. The highest BCUT2D eigenvalue weighted by Gasteiger charge is 2.02. The van der Waals surface area contributed by atoms with Gasteiger partial charge in [-0.15, -0.1) is 0 Å². The fraction of sp³-hybridized carbons (Fsp3) is 0.528. The number of unbranched alkanes of at least 4 members (excludes halogenated alkanes) is 2. The Morgan fingerprint density at radius 3 is 1.62 bits per heavy atom. The molecule has 248 valence electrons. The van der Waals surface area contributed by atoms with Crippen LogP contribution in [0.2, 0.25) is 0 Å². The van der Waals surface area contributed by atoms with Crippen LogP contribution in [0.5, 0.6) is 0 Å². The molecule has 2 rings (SSSR count). The minimum absolute atomic E-state index is 0.0789.